The smallest absolute Gasteiger partial charge is 0.396 e. The molecule has 0 saturated heterocycles. The van der Waals surface area contributed by atoms with Crippen molar-refractivity contribution in [3.8, 4) is 11.4 Å². The Balaban J connectivity index is 2.49. The number of halogens is 3. The Morgan fingerprint density at radius 3 is 2.29 bits per heavy atom. The van der Waals surface area contributed by atoms with Gasteiger partial charge in [-0.2, -0.15) is 13.2 Å². The molecule has 0 radical (unpaired) electrons. The predicted octanol–water partition coefficient (Wildman–Crippen LogP) is 1.74. The first-order valence-corrected chi connectivity index (χ1v) is 7.29. The Morgan fingerprint density at radius 1 is 1.00 bits per heavy atom. The van der Waals surface area contributed by atoms with Crippen molar-refractivity contribution >= 4 is 5.82 Å². The first-order valence-electron chi connectivity index (χ1n) is 7.29. The van der Waals surface area contributed by atoms with E-state index >= 15 is 0 Å². The molecule has 0 unspecified atom stereocenters. The molecule has 2 rings (SSSR count). The Bertz CT molecular complexity index is 653. The van der Waals surface area contributed by atoms with Crippen LogP contribution >= 0.6 is 0 Å². The maximum Gasteiger partial charge on any atom is 0.433 e. The van der Waals surface area contributed by atoms with Crippen LogP contribution in [-0.4, -0.2) is 51.5 Å². The van der Waals surface area contributed by atoms with Crippen LogP contribution in [0.2, 0.25) is 0 Å². The molecule has 0 aliphatic heterocycles. The van der Waals surface area contributed by atoms with Gasteiger partial charge in [-0.15, -0.1) is 0 Å². The van der Waals surface area contributed by atoms with Gasteiger partial charge in [-0.1, -0.05) is 0 Å². The summed E-state index contributed by atoms with van der Waals surface area (Å²) in [6.07, 6.45) is -1.40. The lowest BCUT2D eigenvalue weighted by Crippen LogP contribution is -2.30. The molecule has 0 spiro atoms. The molecule has 130 valence electrons. The standard InChI is InChI=1S/C15H17F3N4O2/c16-15(17,18)12-10-13(22(7-9-24)6-1-8-23)21-14(20-12)11-2-4-19-5-3-11/h2-5,10,23-24H,1,6-9H2. The zero-order valence-corrected chi connectivity index (χ0v) is 12.7. The van der Waals surface area contributed by atoms with E-state index in [4.69, 9.17) is 10.2 Å². The summed E-state index contributed by atoms with van der Waals surface area (Å²) in [4.78, 5) is 13.1. The minimum atomic E-state index is -4.62. The maximum atomic E-state index is 13.2. The van der Waals surface area contributed by atoms with Crippen LogP contribution in [0.25, 0.3) is 11.4 Å². The third-order valence-corrected chi connectivity index (χ3v) is 3.22. The average Bonchev–Trinajstić information content (AvgIpc) is 2.58. The first kappa shape index (κ1) is 18.1. The van der Waals surface area contributed by atoms with Gasteiger partial charge in [0.25, 0.3) is 0 Å². The number of hydrogen-bond acceptors (Lipinski definition) is 6. The Morgan fingerprint density at radius 2 is 1.71 bits per heavy atom. The molecule has 2 N–H and O–H groups in total. The highest BCUT2D eigenvalue weighted by atomic mass is 19.4. The third kappa shape index (κ3) is 4.62. The number of aliphatic hydroxyl groups excluding tert-OH is 2. The highest BCUT2D eigenvalue weighted by Crippen LogP contribution is 2.31. The molecule has 9 heteroatoms. The fourth-order valence-electron chi connectivity index (χ4n) is 2.09. The second-order valence-electron chi connectivity index (χ2n) is 4.96. The molecule has 0 bridgehead atoms. The molecule has 2 aromatic rings. The number of pyridine rings is 1. The Hall–Kier alpha value is -2.26. The SMILES string of the molecule is OCCCN(CCO)c1cc(C(F)(F)F)nc(-c2ccncc2)n1. The van der Waals surface area contributed by atoms with Crippen LogP contribution in [0.15, 0.2) is 30.6 Å². The molecular formula is C15H17F3N4O2. The third-order valence-electron chi connectivity index (χ3n) is 3.22. The van der Waals surface area contributed by atoms with E-state index in [0.29, 0.717) is 12.0 Å². The van der Waals surface area contributed by atoms with Gasteiger partial charge in [0, 0.05) is 43.7 Å². The quantitative estimate of drug-likeness (QED) is 0.798. The second kappa shape index (κ2) is 8.02. The molecule has 24 heavy (non-hydrogen) atoms. The van der Waals surface area contributed by atoms with Crippen molar-refractivity contribution in [1.29, 1.82) is 0 Å². The molecule has 0 aliphatic carbocycles. The first-order chi connectivity index (χ1) is 11.5. The van der Waals surface area contributed by atoms with E-state index in [1.165, 1.54) is 29.4 Å². The summed E-state index contributed by atoms with van der Waals surface area (Å²) >= 11 is 0. The minimum absolute atomic E-state index is 0.0478. The van der Waals surface area contributed by atoms with E-state index in [9.17, 15) is 13.2 Å². The molecule has 0 atom stereocenters. The number of hydrogen-bond donors (Lipinski definition) is 2. The van der Waals surface area contributed by atoms with E-state index in [-0.39, 0.29) is 37.9 Å². The van der Waals surface area contributed by atoms with Crippen LogP contribution in [0, 0.1) is 0 Å². The van der Waals surface area contributed by atoms with Gasteiger partial charge in [-0.25, -0.2) is 9.97 Å². The van der Waals surface area contributed by atoms with Crippen LogP contribution in [0.3, 0.4) is 0 Å². The van der Waals surface area contributed by atoms with Crippen LogP contribution in [0.5, 0.6) is 0 Å². The zero-order chi connectivity index (χ0) is 17.6. The number of alkyl halides is 3. The summed E-state index contributed by atoms with van der Waals surface area (Å²) in [5.74, 6) is -0.0270. The number of aliphatic hydroxyl groups is 2. The Kier molecular flexibility index (Phi) is 6.04. The molecule has 0 aliphatic rings. The highest BCUT2D eigenvalue weighted by molar-refractivity contribution is 5.57. The minimum Gasteiger partial charge on any atom is -0.396 e. The fraction of sp³-hybridized carbons (Fsp3) is 0.400. The fourth-order valence-corrected chi connectivity index (χ4v) is 2.09. The molecule has 6 nitrogen and oxygen atoms in total. The highest BCUT2D eigenvalue weighted by Gasteiger charge is 2.34. The van der Waals surface area contributed by atoms with Gasteiger partial charge >= 0.3 is 6.18 Å². The normalized spacial score (nSPS) is 11.5. The van der Waals surface area contributed by atoms with E-state index in [1.807, 2.05) is 0 Å². The summed E-state index contributed by atoms with van der Waals surface area (Å²) in [6, 6.07) is 3.88. The topological polar surface area (TPSA) is 82.4 Å². The average molecular weight is 342 g/mol. The van der Waals surface area contributed by atoms with Gasteiger partial charge in [0.2, 0.25) is 0 Å². The van der Waals surface area contributed by atoms with Gasteiger partial charge in [-0.3, -0.25) is 4.98 Å². The second-order valence-corrected chi connectivity index (χ2v) is 4.96. The van der Waals surface area contributed by atoms with E-state index in [1.54, 1.807) is 0 Å². The van der Waals surface area contributed by atoms with Gasteiger partial charge in [0.15, 0.2) is 11.5 Å². The van der Waals surface area contributed by atoms with Crippen molar-refractivity contribution in [2.24, 2.45) is 0 Å². The van der Waals surface area contributed by atoms with Crippen LogP contribution in [0.4, 0.5) is 19.0 Å². The zero-order valence-electron chi connectivity index (χ0n) is 12.7. The maximum absolute atomic E-state index is 13.2. The monoisotopic (exact) mass is 342 g/mol. The predicted molar refractivity (Wildman–Crippen MR) is 81.3 cm³/mol. The summed E-state index contributed by atoms with van der Waals surface area (Å²) in [7, 11) is 0. The molecular weight excluding hydrogens is 325 g/mol. The van der Waals surface area contributed by atoms with E-state index < -0.39 is 11.9 Å². The number of aromatic nitrogens is 3. The van der Waals surface area contributed by atoms with Gasteiger partial charge in [-0.05, 0) is 18.6 Å². The van der Waals surface area contributed by atoms with Crippen LogP contribution < -0.4 is 4.90 Å². The van der Waals surface area contributed by atoms with Crippen molar-refractivity contribution in [1.82, 2.24) is 15.0 Å². The number of anilines is 1. The van der Waals surface area contributed by atoms with Crippen molar-refractivity contribution in [3.63, 3.8) is 0 Å². The van der Waals surface area contributed by atoms with Gasteiger partial charge < -0.3 is 15.1 Å². The van der Waals surface area contributed by atoms with E-state index in [0.717, 1.165) is 6.07 Å². The van der Waals surface area contributed by atoms with Crippen LogP contribution in [0.1, 0.15) is 12.1 Å². The lowest BCUT2D eigenvalue weighted by molar-refractivity contribution is -0.141. The summed E-state index contributed by atoms with van der Waals surface area (Å²) in [6.45, 7) is 0.00295. The van der Waals surface area contributed by atoms with Gasteiger partial charge in [0.1, 0.15) is 5.82 Å². The lowest BCUT2D eigenvalue weighted by atomic mass is 10.2. The molecule has 2 aromatic heterocycles. The molecule has 0 saturated carbocycles. The summed E-state index contributed by atoms with van der Waals surface area (Å²) in [5, 5.41) is 18.1. The largest absolute Gasteiger partial charge is 0.433 e. The lowest BCUT2D eigenvalue weighted by Gasteiger charge is -2.23. The summed E-state index contributed by atoms with van der Waals surface area (Å²) < 4.78 is 39.5. The van der Waals surface area contributed by atoms with Crippen LogP contribution in [-0.2, 0) is 6.18 Å². The van der Waals surface area contributed by atoms with Crippen molar-refractivity contribution in [2.45, 2.75) is 12.6 Å². The Labute approximate surface area is 136 Å². The van der Waals surface area contributed by atoms with Crippen molar-refractivity contribution < 1.29 is 23.4 Å². The summed E-state index contributed by atoms with van der Waals surface area (Å²) in [5.41, 5.74) is -0.658. The molecule has 2 heterocycles. The molecule has 0 fully saturated rings. The molecule has 0 amide bonds. The molecule has 0 aromatic carbocycles. The number of rotatable bonds is 7. The number of nitrogens with zero attached hydrogens (tertiary/aromatic N) is 4. The van der Waals surface area contributed by atoms with E-state index in [2.05, 4.69) is 15.0 Å². The van der Waals surface area contributed by atoms with Crippen molar-refractivity contribution in [3.05, 3.63) is 36.3 Å². The van der Waals surface area contributed by atoms with Gasteiger partial charge in [0.05, 0.1) is 6.61 Å². The van der Waals surface area contributed by atoms with Crippen molar-refractivity contribution in [2.75, 3.05) is 31.2 Å².